The number of rotatable bonds is 4. The Morgan fingerprint density at radius 1 is 0.941 bits per heavy atom. The maximum Gasteiger partial charge on any atom is 0.0448 e. The number of fused-ring (bicyclic) bond motifs is 3. The number of anilines is 1. The fraction of sp³-hybridized carbons (Fsp3) is 0.333. The topological polar surface area (TPSA) is 3.24 Å². The molecule has 3 aromatic carbocycles. The molecule has 0 N–H and O–H groups in total. The van der Waals surface area contributed by atoms with Crippen LogP contribution in [0.15, 0.2) is 96.7 Å². The molecule has 1 heterocycles. The summed E-state index contributed by atoms with van der Waals surface area (Å²) in [4.78, 5) is 2.42. The summed E-state index contributed by atoms with van der Waals surface area (Å²) in [6.45, 7) is 11.4. The van der Waals surface area contributed by atoms with Crippen LogP contribution in [0.5, 0.6) is 0 Å². The first-order valence-corrected chi connectivity index (χ1v) is 12.8. The predicted octanol–water partition coefficient (Wildman–Crippen LogP) is 8.77. The molecule has 1 saturated carbocycles. The minimum Gasteiger partial charge on any atom is -0.347 e. The Labute approximate surface area is 205 Å². The van der Waals surface area contributed by atoms with E-state index in [1.165, 1.54) is 71.0 Å². The molecule has 1 fully saturated rings. The van der Waals surface area contributed by atoms with Crippen molar-refractivity contribution in [1.29, 1.82) is 0 Å². The SMILES string of the molecule is C=C(/C=C/C=C1/N(C)c2ccccc2C12CCCCC2)C(C)(C)c1ccc2ccccc2c1C. The number of benzene rings is 3. The van der Waals surface area contributed by atoms with Crippen LogP contribution in [0.1, 0.15) is 62.6 Å². The van der Waals surface area contributed by atoms with E-state index < -0.39 is 0 Å². The average molecular weight is 448 g/mol. The van der Waals surface area contributed by atoms with Gasteiger partial charge in [0.1, 0.15) is 0 Å². The molecule has 1 aliphatic carbocycles. The number of hydrogen-bond acceptors (Lipinski definition) is 1. The standard InChI is InChI=1S/C33H37N/c1-24(32(3,4)28-21-20-26-15-7-8-16-27(26)25(28)2)14-13-19-31-33(22-11-6-12-23-33)29-17-9-10-18-30(29)34(31)5/h7-10,13-21H,1,6,11-12,22-23H2,2-5H3/b14-13+,31-19+. The van der Waals surface area contributed by atoms with Gasteiger partial charge in [-0.1, -0.05) is 106 Å². The Hall–Kier alpha value is -3.06. The lowest BCUT2D eigenvalue weighted by molar-refractivity contribution is 0.347. The third kappa shape index (κ3) is 3.54. The Kier molecular flexibility index (Phi) is 5.76. The minimum absolute atomic E-state index is 0.143. The maximum absolute atomic E-state index is 4.52. The third-order valence-corrected chi connectivity index (χ3v) is 8.57. The van der Waals surface area contributed by atoms with Gasteiger partial charge in [-0.2, -0.15) is 0 Å². The van der Waals surface area contributed by atoms with Crippen molar-refractivity contribution in [2.45, 2.75) is 63.7 Å². The monoisotopic (exact) mass is 447 g/mol. The number of likely N-dealkylation sites (N-methyl/N-ethyl adjacent to an activating group) is 1. The van der Waals surface area contributed by atoms with Crippen molar-refractivity contribution in [3.05, 3.63) is 113 Å². The summed E-state index contributed by atoms with van der Waals surface area (Å²) in [5, 5.41) is 2.63. The summed E-state index contributed by atoms with van der Waals surface area (Å²) in [5.41, 5.74) is 8.19. The zero-order valence-corrected chi connectivity index (χ0v) is 21.2. The highest BCUT2D eigenvalue weighted by Crippen LogP contribution is 2.54. The van der Waals surface area contributed by atoms with E-state index >= 15 is 0 Å². The van der Waals surface area contributed by atoms with E-state index in [1.807, 2.05) is 0 Å². The molecule has 0 unspecified atom stereocenters. The second-order valence-corrected chi connectivity index (χ2v) is 10.7. The van der Waals surface area contributed by atoms with Gasteiger partial charge in [-0.05, 0) is 64.9 Å². The van der Waals surface area contributed by atoms with Crippen LogP contribution in [0, 0.1) is 6.92 Å². The van der Waals surface area contributed by atoms with E-state index in [1.54, 1.807) is 0 Å². The zero-order chi connectivity index (χ0) is 23.9. The highest BCUT2D eigenvalue weighted by Gasteiger charge is 2.45. The van der Waals surface area contributed by atoms with Crippen molar-refractivity contribution in [2.75, 3.05) is 11.9 Å². The fourth-order valence-corrected chi connectivity index (χ4v) is 6.45. The lowest BCUT2D eigenvalue weighted by Gasteiger charge is -2.36. The smallest absolute Gasteiger partial charge is 0.0448 e. The van der Waals surface area contributed by atoms with Gasteiger partial charge >= 0.3 is 0 Å². The first-order chi connectivity index (χ1) is 16.4. The average Bonchev–Trinajstić information content (AvgIpc) is 3.07. The summed E-state index contributed by atoms with van der Waals surface area (Å²) in [5.74, 6) is 0. The molecule has 2 aliphatic rings. The van der Waals surface area contributed by atoms with Crippen LogP contribution in [0.3, 0.4) is 0 Å². The Morgan fingerprint density at radius 3 is 2.44 bits per heavy atom. The first-order valence-electron chi connectivity index (χ1n) is 12.8. The summed E-state index contributed by atoms with van der Waals surface area (Å²) in [6.07, 6.45) is 13.3. The highest BCUT2D eigenvalue weighted by atomic mass is 15.2. The number of nitrogens with zero attached hydrogens (tertiary/aromatic N) is 1. The molecule has 0 amide bonds. The molecule has 5 rings (SSSR count). The van der Waals surface area contributed by atoms with Gasteiger partial charge in [0, 0.05) is 29.3 Å². The lowest BCUT2D eigenvalue weighted by atomic mass is 9.68. The Bertz CT molecular complexity index is 1300. The minimum atomic E-state index is -0.143. The predicted molar refractivity (Wildman–Crippen MR) is 148 cm³/mol. The third-order valence-electron chi connectivity index (χ3n) is 8.57. The number of allylic oxidation sites excluding steroid dienone is 5. The first kappa shape index (κ1) is 22.7. The van der Waals surface area contributed by atoms with Gasteiger partial charge in [0.2, 0.25) is 0 Å². The summed E-state index contributed by atoms with van der Waals surface area (Å²) >= 11 is 0. The van der Waals surface area contributed by atoms with Crippen LogP contribution in [0.25, 0.3) is 10.8 Å². The van der Waals surface area contributed by atoms with Gasteiger partial charge in [-0.3, -0.25) is 0 Å². The van der Waals surface area contributed by atoms with Gasteiger partial charge in [0.05, 0.1) is 0 Å². The molecule has 0 bridgehead atoms. The van der Waals surface area contributed by atoms with E-state index in [9.17, 15) is 0 Å². The van der Waals surface area contributed by atoms with Crippen LogP contribution in [0.2, 0.25) is 0 Å². The van der Waals surface area contributed by atoms with E-state index in [0.717, 1.165) is 5.57 Å². The van der Waals surface area contributed by atoms with E-state index in [4.69, 9.17) is 0 Å². The van der Waals surface area contributed by atoms with Gasteiger partial charge in [-0.25, -0.2) is 0 Å². The molecule has 0 saturated heterocycles. The summed E-state index contributed by atoms with van der Waals surface area (Å²) in [6, 6.07) is 22.2. The fourth-order valence-electron chi connectivity index (χ4n) is 6.45. The number of hydrogen-bond donors (Lipinski definition) is 0. The molecule has 1 aliphatic heterocycles. The Balaban J connectivity index is 1.46. The van der Waals surface area contributed by atoms with Crippen LogP contribution in [0.4, 0.5) is 5.69 Å². The molecular formula is C33H37N. The van der Waals surface area contributed by atoms with Crippen molar-refractivity contribution >= 4 is 16.5 Å². The van der Waals surface area contributed by atoms with Gasteiger partial charge < -0.3 is 4.90 Å². The van der Waals surface area contributed by atoms with Crippen molar-refractivity contribution in [2.24, 2.45) is 0 Å². The van der Waals surface area contributed by atoms with Crippen molar-refractivity contribution in [3.63, 3.8) is 0 Å². The summed E-state index contributed by atoms with van der Waals surface area (Å²) < 4.78 is 0. The largest absolute Gasteiger partial charge is 0.347 e. The van der Waals surface area contributed by atoms with Gasteiger partial charge in [0.15, 0.2) is 0 Å². The molecular weight excluding hydrogens is 410 g/mol. The van der Waals surface area contributed by atoms with E-state index in [0.29, 0.717) is 0 Å². The van der Waals surface area contributed by atoms with Crippen LogP contribution < -0.4 is 4.90 Å². The second kappa shape index (κ2) is 8.62. The molecule has 0 radical (unpaired) electrons. The lowest BCUT2D eigenvalue weighted by Crippen LogP contribution is -2.31. The van der Waals surface area contributed by atoms with E-state index in [2.05, 4.69) is 118 Å². The number of aryl methyl sites for hydroxylation is 1. The molecule has 1 heteroatoms. The molecule has 0 aromatic heterocycles. The zero-order valence-electron chi connectivity index (χ0n) is 21.2. The molecule has 1 nitrogen and oxygen atoms in total. The molecule has 34 heavy (non-hydrogen) atoms. The van der Waals surface area contributed by atoms with Gasteiger partial charge in [0.25, 0.3) is 0 Å². The second-order valence-electron chi connectivity index (χ2n) is 10.7. The maximum atomic E-state index is 4.52. The molecule has 0 atom stereocenters. The summed E-state index contributed by atoms with van der Waals surface area (Å²) in [7, 11) is 2.24. The molecule has 3 aromatic rings. The van der Waals surface area contributed by atoms with Crippen LogP contribution in [-0.4, -0.2) is 7.05 Å². The highest BCUT2D eigenvalue weighted by molar-refractivity contribution is 5.87. The quantitative estimate of drug-likeness (QED) is 0.361. The molecule has 174 valence electrons. The van der Waals surface area contributed by atoms with Crippen molar-refractivity contribution < 1.29 is 0 Å². The normalized spacial score (nSPS) is 18.8. The van der Waals surface area contributed by atoms with Crippen molar-refractivity contribution in [1.82, 2.24) is 0 Å². The van der Waals surface area contributed by atoms with Crippen molar-refractivity contribution in [3.8, 4) is 0 Å². The van der Waals surface area contributed by atoms with Gasteiger partial charge in [-0.15, -0.1) is 0 Å². The van der Waals surface area contributed by atoms with Crippen LogP contribution >= 0.6 is 0 Å². The Morgan fingerprint density at radius 2 is 1.65 bits per heavy atom. The molecule has 1 spiro atoms. The van der Waals surface area contributed by atoms with E-state index in [-0.39, 0.29) is 10.8 Å². The van der Waals surface area contributed by atoms with Crippen LogP contribution in [-0.2, 0) is 10.8 Å². The number of para-hydroxylation sites is 1.